The SMILES string of the molecule is O=C(O)c1cccc(CS(=O)(=O)Cc2ccccc2Cl)n1. The number of rotatable bonds is 5. The Kier molecular flexibility index (Phi) is 4.59. The van der Waals surface area contributed by atoms with Gasteiger partial charge in [0, 0.05) is 5.02 Å². The summed E-state index contributed by atoms with van der Waals surface area (Å²) in [7, 11) is -3.49. The van der Waals surface area contributed by atoms with Crippen molar-refractivity contribution in [2.45, 2.75) is 11.5 Å². The minimum atomic E-state index is -3.49. The summed E-state index contributed by atoms with van der Waals surface area (Å²) in [6, 6.07) is 11.0. The Balaban J connectivity index is 2.20. The summed E-state index contributed by atoms with van der Waals surface area (Å²) in [5.41, 5.74) is 0.524. The minimum Gasteiger partial charge on any atom is -0.477 e. The topological polar surface area (TPSA) is 84.3 Å². The van der Waals surface area contributed by atoms with Gasteiger partial charge < -0.3 is 5.11 Å². The van der Waals surface area contributed by atoms with Crippen LogP contribution in [-0.2, 0) is 21.3 Å². The third-order valence-electron chi connectivity index (χ3n) is 2.73. The van der Waals surface area contributed by atoms with Crippen LogP contribution in [0.2, 0.25) is 5.02 Å². The van der Waals surface area contributed by atoms with Crippen LogP contribution in [0, 0.1) is 0 Å². The van der Waals surface area contributed by atoms with Crippen LogP contribution in [0.4, 0.5) is 0 Å². The van der Waals surface area contributed by atoms with E-state index >= 15 is 0 Å². The summed E-state index contributed by atoms with van der Waals surface area (Å²) in [6.45, 7) is 0. The molecule has 0 aliphatic heterocycles. The number of halogens is 1. The molecule has 0 spiro atoms. The first-order chi connectivity index (χ1) is 9.87. The number of aromatic nitrogens is 1. The summed E-state index contributed by atoms with van der Waals surface area (Å²) < 4.78 is 24.3. The van der Waals surface area contributed by atoms with Gasteiger partial charge in [0.05, 0.1) is 17.2 Å². The monoisotopic (exact) mass is 325 g/mol. The molecule has 110 valence electrons. The second-order valence-corrected chi connectivity index (χ2v) is 6.91. The maximum Gasteiger partial charge on any atom is 0.354 e. The van der Waals surface area contributed by atoms with Crippen molar-refractivity contribution in [2.24, 2.45) is 0 Å². The quantitative estimate of drug-likeness (QED) is 0.913. The molecule has 2 aromatic rings. The lowest BCUT2D eigenvalue weighted by Gasteiger charge is -2.06. The molecular formula is C14H12ClNO4S. The predicted molar refractivity (Wildman–Crippen MR) is 79.0 cm³/mol. The van der Waals surface area contributed by atoms with Gasteiger partial charge in [-0.15, -0.1) is 0 Å². The van der Waals surface area contributed by atoms with E-state index < -0.39 is 15.8 Å². The zero-order valence-electron chi connectivity index (χ0n) is 10.9. The zero-order valence-corrected chi connectivity index (χ0v) is 12.4. The third kappa shape index (κ3) is 4.27. The molecule has 0 saturated carbocycles. The highest BCUT2D eigenvalue weighted by atomic mass is 35.5. The molecule has 0 aliphatic carbocycles. The van der Waals surface area contributed by atoms with E-state index in [0.29, 0.717) is 10.6 Å². The molecule has 0 radical (unpaired) electrons. The highest BCUT2D eigenvalue weighted by Gasteiger charge is 2.16. The number of sulfone groups is 1. The van der Waals surface area contributed by atoms with Gasteiger partial charge >= 0.3 is 5.97 Å². The maximum absolute atomic E-state index is 12.2. The number of carbonyl (C=O) groups is 1. The summed E-state index contributed by atoms with van der Waals surface area (Å²) in [4.78, 5) is 14.6. The molecule has 0 unspecified atom stereocenters. The van der Waals surface area contributed by atoms with Crippen molar-refractivity contribution in [3.05, 3.63) is 64.4 Å². The highest BCUT2D eigenvalue weighted by molar-refractivity contribution is 7.89. The normalized spacial score (nSPS) is 11.3. The minimum absolute atomic E-state index is 0.180. The lowest BCUT2D eigenvalue weighted by Crippen LogP contribution is -2.11. The van der Waals surface area contributed by atoms with Crippen LogP contribution in [-0.4, -0.2) is 24.5 Å². The Morgan fingerprint density at radius 2 is 1.81 bits per heavy atom. The van der Waals surface area contributed by atoms with Crippen molar-refractivity contribution in [3.8, 4) is 0 Å². The zero-order chi connectivity index (χ0) is 15.5. The molecule has 1 aromatic heterocycles. The summed E-state index contributed by atoms with van der Waals surface area (Å²) in [6.07, 6.45) is 0. The number of aromatic carboxylic acids is 1. The molecule has 0 aliphatic rings. The van der Waals surface area contributed by atoms with Gasteiger partial charge in [0.25, 0.3) is 0 Å². The fourth-order valence-corrected chi connectivity index (χ4v) is 3.53. The van der Waals surface area contributed by atoms with Gasteiger partial charge in [0.2, 0.25) is 0 Å². The Morgan fingerprint density at radius 3 is 2.48 bits per heavy atom. The molecule has 1 aromatic carbocycles. The molecule has 0 saturated heterocycles. The lowest BCUT2D eigenvalue weighted by molar-refractivity contribution is 0.0690. The molecule has 0 fully saturated rings. The molecule has 5 nitrogen and oxygen atoms in total. The van der Waals surface area contributed by atoms with Crippen LogP contribution in [0.3, 0.4) is 0 Å². The molecule has 0 amide bonds. The molecule has 0 atom stereocenters. The first kappa shape index (κ1) is 15.5. The lowest BCUT2D eigenvalue weighted by atomic mass is 10.2. The largest absolute Gasteiger partial charge is 0.477 e. The Labute approximate surface area is 127 Å². The average Bonchev–Trinajstić information content (AvgIpc) is 2.41. The van der Waals surface area contributed by atoms with Crippen molar-refractivity contribution in [1.29, 1.82) is 0 Å². The molecule has 1 N–H and O–H groups in total. The van der Waals surface area contributed by atoms with Crippen molar-refractivity contribution >= 4 is 27.4 Å². The Morgan fingerprint density at radius 1 is 1.10 bits per heavy atom. The first-order valence-corrected chi connectivity index (χ1v) is 8.20. The van der Waals surface area contributed by atoms with E-state index in [1.54, 1.807) is 24.3 Å². The molecule has 1 heterocycles. The summed E-state index contributed by atoms with van der Waals surface area (Å²) >= 11 is 5.94. The van der Waals surface area contributed by atoms with Crippen molar-refractivity contribution in [2.75, 3.05) is 0 Å². The fourth-order valence-electron chi connectivity index (χ4n) is 1.81. The van der Waals surface area contributed by atoms with Crippen LogP contribution >= 0.6 is 11.6 Å². The molecular weight excluding hydrogens is 314 g/mol. The van der Waals surface area contributed by atoms with Crippen LogP contribution < -0.4 is 0 Å². The summed E-state index contributed by atoms with van der Waals surface area (Å²) in [5.74, 6) is -1.74. The van der Waals surface area contributed by atoms with E-state index in [4.69, 9.17) is 16.7 Å². The smallest absolute Gasteiger partial charge is 0.354 e. The van der Waals surface area contributed by atoms with Gasteiger partial charge in [-0.3, -0.25) is 0 Å². The number of carboxylic acid groups (broad SMARTS) is 1. The van der Waals surface area contributed by atoms with E-state index in [9.17, 15) is 13.2 Å². The number of hydrogen-bond donors (Lipinski definition) is 1. The Hall–Kier alpha value is -1.92. The van der Waals surface area contributed by atoms with Gasteiger partial charge in [0.15, 0.2) is 9.84 Å². The van der Waals surface area contributed by atoms with Crippen LogP contribution in [0.1, 0.15) is 21.7 Å². The number of pyridine rings is 1. The van der Waals surface area contributed by atoms with Gasteiger partial charge in [-0.1, -0.05) is 35.9 Å². The number of nitrogens with zero attached hydrogens (tertiary/aromatic N) is 1. The van der Waals surface area contributed by atoms with E-state index in [0.717, 1.165) is 0 Å². The third-order valence-corrected chi connectivity index (χ3v) is 4.58. The number of carboxylic acids is 1. The van der Waals surface area contributed by atoms with Gasteiger partial charge in [-0.2, -0.15) is 0 Å². The van der Waals surface area contributed by atoms with E-state index in [1.165, 1.54) is 18.2 Å². The van der Waals surface area contributed by atoms with Gasteiger partial charge in [0.1, 0.15) is 5.69 Å². The first-order valence-electron chi connectivity index (χ1n) is 6.00. The van der Waals surface area contributed by atoms with Crippen LogP contribution in [0.25, 0.3) is 0 Å². The highest BCUT2D eigenvalue weighted by Crippen LogP contribution is 2.19. The number of benzene rings is 1. The average molecular weight is 326 g/mol. The maximum atomic E-state index is 12.2. The second-order valence-electron chi connectivity index (χ2n) is 4.44. The van der Waals surface area contributed by atoms with Crippen LogP contribution in [0.15, 0.2) is 42.5 Å². The van der Waals surface area contributed by atoms with Crippen LogP contribution in [0.5, 0.6) is 0 Å². The molecule has 21 heavy (non-hydrogen) atoms. The van der Waals surface area contributed by atoms with E-state index in [-0.39, 0.29) is 22.9 Å². The summed E-state index contributed by atoms with van der Waals surface area (Å²) in [5, 5.41) is 9.23. The Bertz CT molecular complexity index is 774. The molecule has 7 heteroatoms. The standard InChI is InChI=1S/C14H12ClNO4S/c15-12-6-2-1-4-10(12)8-21(19,20)9-11-5-3-7-13(16-11)14(17)18/h1-7H,8-9H2,(H,17,18). The number of hydrogen-bond acceptors (Lipinski definition) is 4. The fraction of sp³-hybridized carbons (Fsp3) is 0.143. The van der Waals surface area contributed by atoms with Crippen molar-refractivity contribution in [1.82, 2.24) is 4.98 Å². The van der Waals surface area contributed by atoms with Gasteiger partial charge in [-0.25, -0.2) is 18.2 Å². The second kappa shape index (κ2) is 6.24. The van der Waals surface area contributed by atoms with Gasteiger partial charge in [-0.05, 0) is 23.8 Å². The van der Waals surface area contributed by atoms with Crippen molar-refractivity contribution < 1.29 is 18.3 Å². The predicted octanol–water partition coefficient (Wildman–Crippen LogP) is 2.55. The van der Waals surface area contributed by atoms with E-state index in [2.05, 4.69) is 4.98 Å². The van der Waals surface area contributed by atoms with E-state index in [1.807, 2.05) is 0 Å². The molecule has 0 bridgehead atoms. The molecule has 2 rings (SSSR count). The van der Waals surface area contributed by atoms with Crippen molar-refractivity contribution in [3.63, 3.8) is 0 Å².